The van der Waals surface area contributed by atoms with Gasteiger partial charge in [0.2, 0.25) is 0 Å². The number of aromatic nitrogens is 2. The molecule has 0 atom stereocenters. The molecule has 1 rings (SSSR count). The van der Waals surface area contributed by atoms with Crippen LogP contribution in [0.5, 0.6) is 0 Å². The molecule has 0 fully saturated rings. The molecule has 0 radical (unpaired) electrons. The van der Waals surface area contributed by atoms with E-state index < -0.39 is 0 Å². The van der Waals surface area contributed by atoms with E-state index in [4.69, 9.17) is 5.84 Å². The Morgan fingerprint density at radius 1 is 1.44 bits per heavy atom. The Hall–Kier alpha value is -1.36. The predicted molar refractivity (Wildman–Crippen MR) is 67.4 cm³/mol. The first kappa shape index (κ1) is 12.7. The summed E-state index contributed by atoms with van der Waals surface area (Å²) >= 11 is 0. The summed E-state index contributed by atoms with van der Waals surface area (Å²) in [5, 5.41) is 0. The van der Waals surface area contributed by atoms with Gasteiger partial charge in [-0.3, -0.25) is 0 Å². The highest BCUT2D eigenvalue weighted by Gasteiger charge is 2.22. The fourth-order valence-electron chi connectivity index (χ4n) is 1.34. The number of hydrogen-bond donors (Lipinski definition) is 2. The highest BCUT2D eigenvalue weighted by Crippen LogP contribution is 2.24. The molecule has 0 amide bonds. The fraction of sp³-hybridized carbons (Fsp3) is 0.636. The van der Waals surface area contributed by atoms with Crippen molar-refractivity contribution in [1.82, 2.24) is 9.97 Å². The van der Waals surface area contributed by atoms with Gasteiger partial charge in [0.05, 0.1) is 0 Å². The Balaban J connectivity index is 3.08. The quantitative estimate of drug-likeness (QED) is 0.600. The van der Waals surface area contributed by atoms with Gasteiger partial charge in [-0.25, -0.2) is 15.8 Å². The van der Waals surface area contributed by atoms with E-state index in [0.29, 0.717) is 11.6 Å². The minimum absolute atomic E-state index is 0.0622. The highest BCUT2D eigenvalue weighted by atomic mass is 15.3. The van der Waals surface area contributed by atoms with Gasteiger partial charge in [-0.1, -0.05) is 6.92 Å². The van der Waals surface area contributed by atoms with E-state index in [-0.39, 0.29) is 5.54 Å². The molecule has 90 valence electrons. The summed E-state index contributed by atoms with van der Waals surface area (Å²) in [4.78, 5) is 10.7. The monoisotopic (exact) mass is 223 g/mol. The lowest BCUT2D eigenvalue weighted by atomic mass is 10.0. The predicted octanol–water partition coefficient (Wildman–Crippen LogP) is 1.70. The zero-order valence-electron chi connectivity index (χ0n) is 10.7. The van der Waals surface area contributed by atoms with Crippen LogP contribution >= 0.6 is 0 Å². The maximum atomic E-state index is 5.37. The smallest absolute Gasteiger partial charge is 0.145 e. The van der Waals surface area contributed by atoms with Gasteiger partial charge in [0.1, 0.15) is 17.5 Å². The lowest BCUT2D eigenvalue weighted by Gasteiger charge is -2.36. The van der Waals surface area contributed by atoms with Gasteiger partial charge in [0.25, 0.3) is 0 Å². The molecule has 0 spiro atoms. The summed E-state index contributed by atoms with van der Waals surface area (Å²) in [6.07, 6.45) is 1.04. The number of nitrogens with one attached hydrogen (secondary N) is 1. The van der Waals surface area contributed by atoms with Crippen molar-refractivity contribution in [3.63, 3.8) is 0 Å². The number of nitrogens with zero attached hydrogens (tertiary/aromatic N) is 3. The zero-order chi connectivity index (χ0) is 12.3. The van der Waals surface area contributed by atoms with E-state index in [0.717, 1.165) is 12.2 Å². The molecule has 0 saturated heterocycles. The van der Waals surface area contributed by atoms with Gasteiger partial charge in [-0.2, -0.15) is 0 Å². The molecule has 3 N–H and O–H groups in total. The van der Waals surface area contributed by atoms with E-state index in [1.807, 2.05) is 20.0 Å². The summed E-state index contributed by atoms with van der Waals surface area (Å²) in [5.74, 6) is 7.60. The lowest BCUT2D eigenvalue weighted by molar-refractivity contribution is 0.467. The first-order valence-corrected chi connectivity index (χ1v) is 5.47. The van der Waals surface area contributed by atoms with Crippen molar-refractivity contribution in [3.05, 3.63) is 11.9 Å². The van der Waals surface area contributed by atoms with Gasteiger partial charge >= 0.3 is 0 Å². The second-order valence-corrected chi connectivity index (χ2v) is 4.53. The van der Waals surface area contributed by atoms with E-state index in [9.17, 15) is 0 Å². The lowest BCUT2D eigenvalue weighted by Crippen LogP contribution is -2.41. The Morgan fingerprint density at radius 2 is 2.06 bits per heavy atom. The third-order valence-corrected chi connectivity index (χ3v) is 3.09. The zero-order valence-corrected chi connectivity index (χ0v) is 10.7. The maximum Gasteiger partial charge on any atom is 0.145 e. The van der Waals surface area contributed by atoms with E-state index in [2.05, 4.69) is 41.1 Å². The molecule has 16 heavy (non-hydrogen) atoms. The molecule has 0 saturated carbocycles. The third kappa shape index (κ3) is 2.61. The van der Waals surface area contributed by atoms with Gasteiger partial charge in [-0.05, 0) is 27.2 Å². The molecule has 0 aromatic carbocycles. The first-order valence-electron chi connectivity index (χ1n) is 5.47. The van der Waals surface area contributed by atoms with Gasteiger partial charge < -0.3 is 10.3 Å². The third-order valence-electron chi connectivity index (χ3n) is 3.09. The number of rotatable bonds is 4. The molecular weight excluding hydrogens is 202 g/mol. The van der Waals surface area contributed by atoms with Crippen LogP contribution in [0.3, 0.4) is 0 Å². The first-order chi connectivity index (χ1) is 7.40. The van der Waals surface area contributed by atoms with Crippen LogP contribution in [0, 0.1) is 6.92 Å². The summed E-state index contributed by atoms with van der Waals surface area (Å²) in [6, 6.07) is 1.85. The normalized spacial score (nSPS) is 11.4. The van der Waals surface area contributed by atoms with E-state index in [1.54, 1.807) is 0 Å². The highest BCUT2D eigenvalue weighted by molar-refractivity contribution is 5.49. The molecule has 1 aromatic heterocycles. The van der Waals surface area contributed by atoms with Crippen LogP contribution in [-0.4, -0.2) is 22.6 Å². The van der Waals surface area contributed by atoms with Crippen LogP contribution in [0.25, 0.3) is 0 Å². The maximum absolute atomic E-state index is 5.37. The number of nitrogen functional groups attached to an aromatic ring is 1. The van der Waals surface area contributed by atoms with Crippen molar-refractivity contribution in [2.45, 2.75) is 39.7 Å². The summed E-state index contributed by atoms with van der Waals surface area (Å²) in [7, 11) is 2.03. The number of hydrazine groups is 1. The van der Waals surface area contributed by atoms with Crippen LogP contribution in [-0.2, 0) is 0 Å². The van der Waals surface area contributed by atoms with Crippen molar-refractivity contribution < 1.29 is 0 Å². The molecule has 0 unspecified atom stereocenters. The topological polar surface area (TPSA) is 67.1 Å². The molecule has 1 aromatic rings. The summed E-state index contributed by atoms with van der Waals surface area (Å²) < 4.78 is 0. The standard InChI is InChI=1S/C11H21N5/c1-6-11(3,4)16(5)10-7-9(15-12)13-8(2)14-10/h7H,6,12H2,1-5H3,(H,13,14,15). The molecule has 5 nitrogen and oxygen atoms in total. The van der Waals surface area contributed by atoms with Gasteiger partial charge in [-0.15, -0.1) is 0 Å². The Morgan fingerprint density at radius 3 is 2.56 bits per heavy atom. The summed E-state index contributed by atoms with van der Waals surface area (Å²) in [6.45, 7) is 8.38. The molecule has 0 aliphatic rings. The van der Waals surface area contributed by atoms with Crippen molar-refractivity contribution in [3.8, 4) is 0 Å². The average molecular weight is 223 g/mol. The number of aryl methyl sites for hydroxylation is 1. The Labute approximate surface area is 97.0 Å². The largest absolute Gasteiger partial charge is 0.354 e. The van der Waals surface area contributed by atoms with Crippen LogP contribution in [0.2, 0.25) is 0 Å². The minimum Gasteiger partial charge on any atom is -0.354 e. The minimum atomic E-state index is 0.0622. The van der Waals surface area contributed by atoms with Gasteiger partial charge in [0, 0.05) is 18.7 Å². The molecule has 0 bridgehead atoms. The fourth-order valence-corrected chi connectivity index (χ4v) is 1.34. The van der Waals surface area contributed by atoms with Crippen molar-refractivity contribution in [1.29, 1.82) is 0 Å². The van der Waals surface area contributed by atoms with Crippen molar-refractivity contribution in [2.75, 3.05) is 17.4 Å². The Bertz CT molecular complexity index is 361. The SMILES string of the molecule is CCC(C)(C)N(C)c1cc(NN)nc(C)n1. The molecule has 0 aliphatic carbocycles. The second-order valence-electron chi connectivity index (χ2n) is 4.53. The molecule has 1 heterocycles. The number of nitrogens with two attached hydrogens (primary N) is 1. The van der Waals surface area contributed by atoms with Crippen molar-refractivity contribution in [2.24, 2.45) is 5.84 Å². The second kappa shape index (κ2) is 4.65. The van der Waals surface area contributed by atoms with Crippen molar-refractivity contribution >= 4 is 11.6 Å². The van der Waals surface area contributed by atoms with Crippen LogP contribution in [0.1, 0.15) is 33.0 Å². The Kier molecular flexibility index (Phi) is 3.70. The number of anilines is 2. The van der Waals surface area contributed by atoms with Crippen LogP contribution in [0.4, 0.5) is 11.6 Å². The van der Waals surface area contributed by atoms with E-state index >= 15 is 0 Å². The van der Waals surface area contributed by atoms with E-state index in [1.165, 1.54) is 0 Å². The van der Waals surface area contributed by atoms with Gasteiger partial charge in [0.15, 0.2) is 0 Å². The molecule has 5 heteroatoms. The summed E-state index contributed by atoms with van der Waals surface area (Å²) in [5.41, 5.74) is 2.62. The average Bonchev–Trinajstić information content (AvgIpc) is 2.27. The molecular formula is C11H21N5. The van der Waals surface area contributed by atoms with Crippen LogP contribution in [0.15, 0.2) is 6.07 Å². The number of hydrogen-bond acceptors (Lipinski definition) is 5. The molecule has 0 aliphatic heterocycles. The van der Waals surface area contributed by atoms with Crippen LogP contribution < -0.4 is 16.2 Å².